The first-order chi connectivity index (χ1) is 13.7. The second kappa shape index (κ2) is 21.9. The highest BCUT2D eigenvalue weighted by Crippen LogP contribution is 2.31. The van der Waals surface area contributed by atoms with E-state index in [0.717, 1.165) is 6.61 Å². The molecule has 0 unspecified atom stereocenters. The summed E-state index contributed by atoms with van der Waals surface area (Å²) in [5.74, 6) is 0. The molecule has 0 radical (unpaired) electrons. The van der Waals surface area contributed by atoms with Crippen molar-refractivity contribution in [1.82, 2.24) is 0 Å². The van der Waals surface area contributed by atoms with E-state index in [4.69, 9.17) is 4.43 Å². The van der Waals surface area contributed by atoms with E-state index in [1.165, 1.54) is 134 Å². The summed E-state index contributed by atoms with van der Waals surface area (Å²) in [7, 11) is -1.50. The second-order valence-corrected chi connectivity index (χ2v) is 13.3. The molecular formula is C26H56OSi. The van der Waals surface area contributed by atoms with Crippen LogP contribution in [-0.2, 0) is 4.43 Å². The van der Waals surface area contributed by atoms with Crippen LogP contribution in [0.2, 0.25) is 18.1 Å². The molecule has 0 atom stereocenters. The average molecular weight is 413 g/mol. The fraction of sp³-hybridized carbons (Fsp3) is 1.00. The van der Waals surface area contributed by atoms with Crippen LogP contribution in [0, 0.1) is 0 Å². The maximum atomic E-state index is 6.65. The lowest BCUT2D eigenvalue weighted by molar-refractivity contribution is 0.313. The molecule has 0 amide bonds. The third-order valence-electron chi connectivity index (χ3n) is 6.41. The van der Waals surface area contributed by atoms with Crippen molar-refractivity contribution < 1.29 is 4.43 Å². The summed E-state index contributed by atoms with van der Waals surface area (Å²) in [6.45, 7) is 10.1. The van der Waals surface area contributed by atoms with Crippen LogP contribution in [0.3, 0.4) is 0 Å². The van der Waals surface area contributed by atoms with Gasteiger partial charge in [-0.2, -0.15) is 0 Å². The largest absolute Gasteiger partial charge is 0.417 e. The summed E-state index contributed by atoms with van der Waals surface area (Å²) in [5, 5.41) is 0. The summed E-state index contributed by atoms with van der Waals surface area (Å²) >= 11 is 0. The van der Waals surface area contributed by atoms with Crippen LogP contribution in [0.1, 0.15) is 143 Å². The Bertz CT molecular complexity index is 251. The molecule has 0 aromatic heterocycles. The van der Waals surface area contributed by atoms with Crippen molar-refractivity contribution >= 4 is 8.32 Å². The summed E-state index contributed by atoms with van der Waals surface area (Å²) in [6, 6.07) is 4.32. The predicted molar refractivity (Wildman–Crippen MR) is 132 cm³/mol. The van der Waals surface area contributed by atoms with E-state index in [0.29, 0.717) is 0 Å². The van der Waals surface area contributed by atoms with Crippen LogP contribution in [-0.4, -0.2) is 14.9 Å². The molecule has 0 rings (SSSR count). The first-order valence-electron chi connectivity index (χ1n) is 13.4. The number of hydrogen-bond acceptors (Lipinski definition) is 1. The number of unbranched alkanes of at least 4 members (excludes halogenated alkanes) is 15. The maximum Gasteiger partial charge on any atom is 0.192 e. The Labute approximate surface area is 180 Å². The monoisotopic (exact) mass is 412 g/mol. The molecule has 170 valence electrons. The van der Waals surface area contributed by atoms with Crippen LogP contribution < -0.4 is 0 Å². The molecule has 0 bridgehead atoms. The molecule has 0 aliphatic carbocycles. The lowest BCUT2D eigenvalue weighted by Gasteiger charge is -2.32. The summed E-state index contributed by atoms with van der Waals surface area (Å²) in [5.41, 5.74) is 0. The molecule has 0 saturated heterocycles. The van der Waals surface area contributed by atoms with Gasteiger partial charge in [-0.05, 0) is 25.1 Å². The van der Waals surface area contributed by atoms with Crippen LogP contribution in [0.15, 0.2) is 0 Å². The first kappa shape index (κ1) is 28.2. The van der Waals surface area contributed by atoms with Gasteiger partial charge >= 0.3 is 0 Å². The van der Waals surface area contributed by atoms with Gasteiger partial charge in [0.2, 0.25) is 0 Å². The Kier molecular flexibility index (Phi) is 22.0. The highest BCUT2D eigenvalue weighted by molar-refractivity contribution is 6.73. The smallest absolute Gasteiger partial charge is 0.192 e. The molecule has 0 N–H and O–H groups in total. The Morgan fingerprint density at radius 1 is 0.393 bits per heavy atom. The van der Waals surface area contributed by atoms with E-state index in [-0.39, 0.29) is 0 Å². The maximum absolute atomic E-state index is 6.65. The zero-order valence-electron chi connectivity index (χ0n) is 20.5. The summed E-state index contributed by atoms with van der Waals surface area (Å²) in [6.07, 6.45) is 25.6. The van der Waals surface area contributed by atoms with Crippen LogP contribution >= 0.6 is 0 Å². The lowest BCUT2D eigenvalue weighted by Crippen LogP contribution is -2.38. The minimum absolute atomic E-state index is 0.952. The van der Waals surface area contributed by atoms with Crippen LogP contribution in [0.4, 0.5) is 0 Å². The molecule has 0 spiro atoms. The van der Waals surface area contributed by atoms with E-state index >= 15 is 0 Å². The second-order valence-electron chi connectivity index (χ2n) is 9.17. The molecule has 0 aromatic carbocycles. The van der Waals surface area contributed by atoms with Gasteiger partial charge in [-0.3, -0.25) is 0 Å². The molecule has 0 aliphatic rings. The minimum Gasteiger partial charge on any atom is -0.417 e. The van der Waals surface area contributed by atoms with Gasteiger partial charge < -0.3 is 4.43 Å². The van der Waals surface area contributed by atoms with Crippen molar-refractivity contribution in [2.75, 3.05) is 6.61 Å². The number of rotatable bonds is 23. The van der Waals surface area contributed by atoms with Gasteiger partial charge in [-0.1, -0.05) is 136 Å². The average Bonchev–Trinajstić information content (AvgIpc) is 2.70. The van der Waals surface area contributed by atoms with Crippen molar-refractivity contribution in [1.29, 1.82) is 0 Å². The normalized spacial score (nSPS) is 12.0. The molecule has 28 heavy (non-hydrogen) atoms. The highest BCUT2D eigenvalue weighted by Gasteiger charge is 2.32. The van der Waals surface area contributed by atoms with Gasteiger partial charge in [0.1, 0.15) is 0 Å². The SMILES string of the molecule is CCCCCCCC[Si](CCCCCCCC)(CCCCCCCC)OCC. The standard InChI is InChI=1S/C26H56OSi/c1-5-9-12-15-18-21-24-28(27-8-4,25-22-19-16-13-10-6-2)26-23-20-17-14-11-7-3/h5-26H2,1-4H3. The molecule has 0 fully saturated rings. The van der Waals surface area contributed by atoms with E-state index < -0.39 is 8.32 Å². The predicted octanol–water partition coefficient (Wildman–Crippen LogP) is 10.0. The zero-order valence-corrected chi connectivity index (χ0v) is 21.5. The van der Waals surface area contributed by atoms with Crippen molar-refractivity contribution in [3.05, 3.63) is 0 Å². The summed E-state index contributed by atoms with van der Waals surface area (Å²) < 4.78 is 6.65. The Morgan fingerprint density at radius 2 is 0.679 bits per heavy atom. The fourth-order valence-corrected chi connectivity index (χ4v) is 9.06. The van der Waals surface area contributed by atoms with E-state index in [1.54, 1.807) is 0 Å². The van der Waals surface area contributed by atoms with E-state index in [9.17, 15) is 0 Å². The van der Waals surface area contributed by atoms with Crippen molar-refractivity contribution in [2.45, 2.75) is 161 Å². The van der Waals surface area contributed by atoms with Crippen molar-refractivity contribution in [2.24, 2.45) is 0 Å². The van der Waals surface area contributed by atoms with Crippen molar-refractivity contribution in [3.8, 4) is 0 Å². The molecule has 2 heteroatoms. The first-order valence-corrected chi connectivity index (χ1v) is 15.9. The zero-order chi connectivity index (χ0) is 20.8. The lowest BCUT2D eigenvalue weighted by atomic mass is 10.1. The molecule has 0 aliphatic heterocycles. The molecule has 0 heterocycles. The Morgan fingerprint density at radius 3 is 0.964 bits per heavy atom. The van der Waals surface area contributed by atoms with Gasteiger partial charge in [-0.15, -0.1) is 0 Å². The van der Waals surface area contributed by atoms with Gasteiger partial charge in [0.15, 0.2) is 8.32 Å². The highest BCUT2D eigenvalue weighted by atomic mass is 28.4. The van der Waals surface area contributed by atoms with Crippen LogP contribution in [0.25, 0.3) is 0 Å². The molecule has 0 aromatic rings. The topological polar surface area (TPSA) is 9.23 Å². The summed E-state index contributed by atoms with van der Waals surface area (Å²) in [4.78, 5) is 0. The van der Waals surface area contributed by atoms with Gasteiger partial charge in [-0.25, -0.2) is 0 Å². The van der Waals surface area contributed by atoms with E-state index in [1.807, 2.05) is 0 Å². The Hall–Kier alpha value is 0.177. The fourth-order valence-electron chi connectivity index (χ4n) is 4.58. The van der Waals surface area contributed by atoms with Crippen molar-refractivity contribution in [3.63, 3.8) is 0 Å². The molecule has 1 nitrogen and oxygen atoms in total. The third-order valence-corrected chi connectivity index (χ3v) is 11.1. The van der Waals surface area contributed by atoms with Gasteiger partial charge in [0, 0.05) is 6.61 Å². The van der Waals surface area contributed by atoms with Gasteiger partial charge in [0.25, 0.3) is 0 Å². The quantitative estimate of drug-likeness (QED) is 0.120. The third kappa shape index (κ3) is 17.1. The molecular weight excluding hydrogens is 356 g/mol. The minimum atomic E-state index is -1.50. The molecule has 0 saturated carbocycles. The van der Waals surface area contributed by atoms with Crippen LogP contribution in [0.5, 0.6) is 0 Å². The van der Waals surface area contributed by atoms with Gasteiger partial charge in [0.05, 0.1) is 0 Å². The number of hydrogen-bond donors (Lipinski definition) is 0. The van der Waals surface area contributed by atoms with E-state index in [2.05, 4.69) is 27.7 Å². The Balaban J connectivity index is 4.39.